The van der Waals surface area contributed by atoms with E-state index in [0.29, 0.717) is 26.2 Å². The molecular weight excluding hydrogens is 427 g/mol. The first-order chi connectivity index (χ1) is 14.8. The van der Waals surface area contributed by atoms with Gasteiger partial charge in [0.1, 0.15) is 0 Å². The Kier molecular flexibility index (Phi) is 6.34. The summed E-state index contributed by atoms with van der Waals surface area (Å²) in [7, 11) is 0. The average Bonchev–Trinajstić information content (AvgIpc) is 3.17. The summed E-state index contributed by atoms with van der Waals surface area (Å²) in [6.45, 7) is 1.99. The van der Waals surface area contributed by atoms with Crippen LogP contribution in [-0.4, -0.2) is 54.3 Å². The highest BCUT2D eigenvalue weighted by molar-refractivity contribution is 7.14. The molecule has 1 fully saturated rings. The van der Waals surface area contributed by atoms with Crippen LogP contribution in [0.4, 0.5) is 18.9 Å². The van der Waals surface area contributed by atoms with E-state index in [9.17, 15) is 22.8 Å². The molecule has 0 atom stereocenters. The summed E-state index contributed by atoms with van der Waals surface area (Å²) in [5, 5.41) is 2.37. The molecule has 0 bridgehead atoms. The van der Waals surface area contributed by atoms with Crippen LogP contribution in [0.25, 0.3) is 0 Å². The third-order valence-corrected chi connectivity index (χ3v) is 6.97. The van der Waals surface area contributed by atoms with Gasteiger partial charge in [-0.25, -0.2) is 0 Å². The first kappa shape index (κ1) is 21.8. The standard InChI is InChI=1S/C22H24F3N3O2S/c23-22(24,25)16-6-2-3-7-17(16)26-20(29)14-27-9-11-28(12-10-27)21(30)19-13-15-5-1-4-8-18(15)31-19/h2-3,6-7,13H,1,4-5,8-12,14H2,(H,26,29). The Hall–Kier alpha value is -2.39. The zero-order valence-electron chi connectivity index (χ0n) is 17.0. The Bertz CT molecular complexity index is 942. The third kappa shape index (κ3) is 5.10. The van der Waals surface area contributed by atoms with Gasteiger partial charge in [-0.05, 0) is 49.4 Å². The van der Waals surface area contributed by atoms with Crippen LogP contribution < -0.4 is 5.32 Å². The molecule has 4 rings (SSSR count). The number of para-hydroxylation sites is 1. The Morgan fingerprint density at radius 1 is 1.03 bits per heavy atom. The maximum absolute atomic E-state index is 13.1. The molecule has 31 heavy (non-hydrogen) atoms. The number of rotatable bonds is 4. The zero-order chi connectivity index (χ0) is 22.0. The lowest BCUT2D eigenvalue weighted by molar-refractivity contribution is -0.137. The van der Waals surface area contributed by atoms with Gasteiger partial charge in [0, 0.05) is 31.1 Å². The average molecular weight is 452 g/mol. The van der Waals surface area contributed by atoms with Crippen molar-refractivity contribution in [1.82, 2.24) is 9.80 Å². The van der Waals surface area contributed by atoms with Crippen molar-refractivity contribution in [3.8, 4) is 0 Å². The number of carbonyl (C=O) groups excluding carboxylic acids is 2. The largest absolute Gasteiger partial charge is 0.418 e. The van der Waals surface area contributed by atoms with E-state index in [1.54, 1.807) is 16.2 Å². The number of fused-ring (bicyclic) bond motifs is 1. The highest BCUT2D eigenvalue weighted by Crippen LogP contribution is 2.34. The lowest BCUT2D eigenvalue weighted by atomic mass is 9.99. The van der Waals surface area contributed by atoms with Crippen LogP contribution in [0.1, 0.15) is 38.5 Å². The summed E-state index contributed by atoms with van der Waals surface area (Å²) < 4.78 is 39.3. The van der Waals surface area contributed by atoms with Gasteiger partial charge in [0.15, 0.2) is 0 Å². The number of aryl methyl sites for hydroxylation is 2. The van der Waals surface area contributed by atoms with E-state index in [1.807, 2.05) is 11.0 Å². The van der Waals surface area contributed by atoms with Crippen LogP contribution in [0.5, 0.6) is 0 Å². The second kappa shape index (κ2) is 9.00. The minimum Gasteiger partial charge on any atom is -0.335 e. The summed E-state index contributed by atoms with van der Waals surface area (Å²) in [6.07, 6.45) is -0.0924. The number of nitrogens with zero attached hydrogens (tertiary/aromatic N) is 2. The summed E-state index contributed by atoms with van der Waals surface area (Å²) in [5.74, 6) is -0.468. The number of anilines is 1. The number of amides is 2. The van der Waals surface area contributed by atoms with Crippen molar-refractivity contribution in [3.05, 3.63) is 51.2 Å². The Balaban J connectivity index is 1.30. The Labute approximate surface area is 182 Å². The fraction of sp³-hybridized carbons (Fsp3) is 0.455. The van der Waals surface area contributed by atoms with Crippen LogP contribution in [0.15, 0.2) is 30.3 Å². The molecule has 166 valence electrons. The lowest BCUT2D eigenvalue weighted by Gasteiger charge is -2.34. The van der Waals surface area contributed by atoms with Gasteiger partial charge in [-0.2, -0.15) is 13.2 Å². The van der Waals surface area contributed by atoms with Crippen molar-refractivity contribution in [3.63, 3.8) is 0 Å². The summed E-state index contributed by atoms with van der Waals surface area (Å²) in [4.78, 5) is 30.9. The Morgan fingerprint density at radius 3 is 2.45 bits per heavy atom. The van der Waals surface area contributed by atoms with Crippen molar-refractivity contribution in [2.24, 2.45) is 0 Å². The Morgan fingerprint density at radius 2 is 1.74 bits per heavy atom. The molecule has 2 amide bonds. The van der Waals surface area contributed by atoms with E-state index < -0.39 is 17.6 Å². The lowest BCUT2D eigenvalue weighted by Crippen LogP contribution is -2.50. The van der Waals surface area contributed by atoms with Gasteiger partial charge >= 0.3 is 6.18 Å². The molecule has 1 N–H and O–H groups in total. The van der Waals surface area contributed by atoms with E-state index in [1.165, 1.54) is 41.5 Å². The number of thiophene rings is 1. The number of alkyl halides is 3. The number of benzene rings is 1. The predicted octanol–water partition coefficient (Wildman–Crippen LogP) is 4.04. The molecule has 2 aromatic rings. The zero-order valence-corrected chi connectivity index (χ0v) is 17.8. The van der Waals surface area contributed by atoms with Crippen molar-refractivity contribution in [1.29, 1.82) is 0 Å². The van der Waals surface area contributed by atoms with Crippen LogP contribution in [0.2, 0.25) is 0 Å². The molecular formula is C22H24F3N3O2S. The topological polar surface area (TPSA) is 52.7 Å². The highest BCUT2D eigenvalue weighted by atomic mass is 32.1. The van der Waals surface area contributed by atoms with Gasteiger partial charge in [-0.3, -0.25) is 14.5 Å². The van der Waals surface area contributed by atoms with Crippen molar-refractivity contribution < 1.29 is 22.8 Å². The van der Waals surface area contributed by atoms with Gasteiger partial charge in [-0.1, -0.05) is 12.1 Å². The molecule has 2 aliphatic rings. The fourth-order valence-corrected chi connectivity index (χ4v) is 5.31. The monoisotopic (exact) mass is 451 g/mol. The molecule has 0 spiro atoms. The molecule has 5 nitrogen and oxygen atoms in total. The highest BCUT2D eigenvalue weighted by Gasteiger charge is 2.34. The quantitative estimate of drug-likeness (QED) is 0.764. The first-order valence-corrected chi connectivity index (χ1v) is 11.2. The van der Waals surface area contributed by atoms with E-state index in [4.69, 9.17) is 0 Å². The van der Waals surface area contributed by atoms with Crippen LogP contribution in [0.3, 0.4) is 0 Å². The molecule has 1 aliphatic carbocycles. The van der Waals surface area contributed by atoms with Gasteiger partial charge < -0.3 is 10.2 Å². The van der Waals surface area contributed by atoms with Gasteiger partial charge in [0.2, 0.25) is 5.91 Å². The molecule has 0 radical (unpaired) electrons. The second-order valence-electron chi connectivity index (χ2n) is 7.93. The van der Waals surface area contributed by atoms with Gasteiger partial charge in [0.25, 0.3) is 5.91 Å². The molecule has 9 heteroatoms. The van der Waals surface area contributed by atoms with Gasteiger partial charge in [-0.15, -0.1) is 11.3 Å². The summed E-state index contributed by atoms with van der Waals surface area (Å²) in [6, 6.07) is 6.97. The van der Waals surface area contributed by atoms with Crippen LogP contribution >= 0.6 is 11.3 Å². The minimum absolute atomic E-state index is 0.0124. The number of carbonyl (C=O) groups is 2. The van der Waals surface area contributed by atoms with Crippen LogP contribution in [-0.2, 0) is 23.8 Å². The van der Waals surface area contributed by atoms with E-state index in [2.05, 4.69) is 5.32 Å². The van der Waals surface area contributed by atoms with Gasteiger partial charge in [0.05, 0.1) is 22.7 Å². The van der Waals surface area contributed by atoms with Crippen molar-refractivity contribution >= 4 is 28.8 Å². The summed E-state index contributed by atoms with van der Waals surface area (Å²) >= 11 is 1.59. The molecule has 2 heterocycles. The molecule has 1 saturated heterocycles. The van der Waals surface area contributed by atoms with E-state index >= 15 is 0 Å². The van der Waals surface area contributed by atoms with Crippen LogP contribution in [0, 0.1) is 0 Å². The first-order valence-electron chi connectivity index (χ1n) is 10.4. The molecule has 0 unspecified atom stereocenters. The van der Waals surface area contributed by atoms with E-state index in [-0.39, 0.29) is 18.1 Å². The third-order valence-electron chi connectivity index (χ3n) is 5.74. The molecule has 1 aromatic heterocycles. The van der Waals surface area contributed by atoms with E-state index in [0.717, 1.165) is 23.8 Å². The molecule has 1 aromatic carbocycles. The fourth-order valence-electron chi connectivity index (χ4n) is 4.09. The molecule has 0 saturated carbocycles. The maximum atomic E-state index is 13.1. The number of piperazine rings is 1. The molecule has 1 aliphatic heterocycles. The van der Waals surface area contributed by atoms with Crippen molar-refractivity contribution in [2.75, 3.05) is 38.0 Å². The number of halogens is 3. The predicted molar refractivity (Wildman–Crippen MR) is 113 cm³/mol. The summed E-state index contributed by atoms with van der Waals surface area (Å²) in [5.41, 5.74) is 0.196. The SMILES string of the molecule is O=C(CN1CCN(C(=O)c2cc3c(s2)CCCC3)CC1)Nc1ccccc1C(F)(F)F. The van der Waals surface area contributed by atoms with Crippen molar-refractivity contribution in [2.45, 2.75) is 31.9 Å². The smallest absolute Gasteiger partial charge is 0.335 e. The number of hydrogen-bond donors (Lipinski definition) is 1. The number of nitrogens with one attached hydrogen (secondary N) is 1. The minimum atomic E-state index is -4.53. The number of hydrogen-bond acceptors (Lipinski definition) is 4. The maximum Gasteiger partial charge on any atom is 0.418 e. The normalized spacial score (nSPS) is 17.3. The second-order valence-corrected chi connectivity index (χ2v) is 9.06.